The second-order valence-electron chi connectivity index (χ2n) is 6.69. The number of rotatable bonds is 5. The highest BCUT2D eigenvalue weighted by Crippen LogP contribution is 2.20. The summed E-state index contributed by atoms with van der Waals surface area (Å²) in [6.07, 6.45) is 4.38. The first-order chi connectivity index (χ1) is 12.4. The fraction of sp³-hybridized carbons (Fsp3) is 0.286. The van der Waals surface area contributed by atoms with E-state index in [2.05, 4.69) is 0 Å². The second kappa shape index (κ2) is 7.87. The summed E-state index contributed by atoms with van der Waals surface area (Å²) >= 11 is 0. The summed E-state index contributed by atoms with van der Waals surface area (Å²) in [5, 5.41) is 0. The van der Waals surface area contributed by atoms with Crippen LogP contribution in [0.5, 0.6) is 0 Å². The molecule has 0 bridgehead atoms. The summed E-state index contributed by atoms with van der Waals surface area (Å²) in [6.45, 7) is 2.36. The van der Waals surface area contributed by atoms with Gasteiger partial charge in [0.2, 0.25) is 0 Å². The molecule has 0 radical (unpaired) electrons. The molecule has 0 N–H and O–H groups in total. The summed E-state index contributed by atoms with van der Waals surface area (Å²) in [6, 6.07) is 17.0. The van der Waals surface area contributed by atoms with E-state index in [-0.39, 0.29) is 23.5 Å². The van der Waals surface area contributed by atoms with E-state index in [9.17, 15) is 13.2 Å². The summed E-state index contributed by atoms with van der Waals surface area (Å²) in [7, 11) is -3.06. The van der Waals surface area contributed by atoms with Gasteiger partial charge in [0, 0.05) is 18.2 Å². The molecular formula is C21H23NO3S. The van der Waals surface area contributed by atoms with E-state index in [1.54, 1.807) is 17.0 Å². The summed E-state index contributed by atoms with van der Waals surface area (Å²) in [5.74, 6) is 0.0754. The molecule has 1 fully saturated rings. The van der Waals surface area contributed by atoms with Gasteiger partial charge in [0.25, 0.3) is 5.91 Å². The maximum Gasteiger partial charge on any atom is 0.254 e. The molecule has 5 heteroatoms. The summed E-state index contributed by atoms with van der Waals surface area (Å²) < 4.78 is 23.8. The molecule has 1 heterocycles. The van der Waals surface area contributed by atoms with E-state index in [1.165, 1.54) is 0 Å². The van der Waals surface area contributed by atoms with Crippen molar-refractivity contribution in [3.8, 4) is 0 Å². The first-order valence-electron chi connectivity index (χ1n) is 8.74. The minimum Gasteiger partial charge on any atom is -0.331 e. The Bertz CT molecular complexity index is 887. The van der Waals surface area contributed by atoms with Crippen LogP contribution in [-0.2, 0) is 9.84 Å². The van der Waals surface area contributed by atoms with Crippen molar-refractivity contribution in [2.75, 3.05) is 18.1 Å². The molecule has 1 aliphatic rings. The Balaban J connectivity index is 1.80. The first kappa shape index (κ1) is 18.4. The Morgan fingerprint density at radius 1 is 1.12 bits per heavy atom. The Morgan fingerprint density at radius 3 is 2.42 bits per heavy atom. The largest absolute Gasteiger partial charge is 0.331 e. The van der Waals surface area contributed by atoms with Gasteiger partial charge in [-0.25, -0.2) is 8.42 Å². The molecule has 1 atom stereocenters. The number of carbonyl (C=O) groups is 1. The monoisotopic (exact) mass is 369 g/mol. The normalized spacial score (nSPS) is 18.9. The molecule has 26 heavy (non-hydrogen) atoms. The molecule has 2 aromatic rings. The summed E-state index contributed by atoms with van der Waals surface area (Å²) in [5.41, 5.74) is 2.72. The average molecular weight is 369 g/mol. The van der Waals surface area contributed by atoms with Gasteiger partial charge in [-0.3, -0.25) is 4.79 Å². The van der Waals surface area contributed by atoms with Crippen molar-refractivity contribution in [3.05, 3.63) is 77.4 Å². The average Bonchev–Trinajstić information content (AvgIpc) is 2.99. The number of aryl methyl sites for hydroxylation is 1. The quantitative estimate of drug-likeness (QED) is 0.812. The zero-order valence-electron chi connectivity index (χ0n) is 14.8. The fourth-order valence-electron chi connectivity index (χ4n) is 3.15. The predicted octanol–water partition coefficient (Wildman–Crippen LogP) is 3.34. The lowest BCUT2D eigenvalue weighted by molar-refractivity contribution is 0.0721. The van der Waals surface area contributed by atoms with Gasteiger partial charge in [0.15, 0.2) is 9.84 Å². The minimum absolute atomic E-state index is 0.0454. The molecule has 2 aromatic carbocycles. The number of hydrogen-bond donors (Lipinski definition) is 0. The van der Waals surface area contributed by atoms with Crippen LogP contribution in [0.4, 0.5) is 0 Å². The number of nitrogens with zero attached hydrogens (tertiary/aromatic N) is 1. The van der Waals surface area contributed by atoms with Crippen LogP contribution in [0.15, 0.2) is 60.7 Å². The molecule has 0 spiro atoms. The molecule has 136 valence electrons. The zero-order valence-corrected chi connectivity index (χ0v) is 15.7. The van der Waals surface area contributed by atoms with Crippen LogP contribution in [0, 0.1) is 6.92 Å². The van der Waals surface area contributed by atoms with Crippen LogP contribution < -0.4 is 0 Å². The van der Waals surface area contributed by atoms with Crippen LogP contribution in [0.25, 0.3) is 6.08 Å². The molecule has 1 aliphatic heterocycles. The third-order valence-corrected chi connectivity index (χ3v) is 6.37. The molecule has 0 aromatic heterocycles. The second-order valence-corrected chi connectivity index (χ2v) is 8.92. The third-order valence-electron chi connectivity index (χ3n) is 4.62. The van der Waals surface area contributed by atoms with Gasteiger partial charge in [-0.1, -0.05) is 60.2 Å². The maximum absolute atomic E-state index is 13.0. The van der Waals surface area contributed by atoms with E-state index >= 15 is 0 Å². The Kier molecular flexibility index (Phi) is 5.57. The standard InChI is InChI=1S/C21H23NO3S/c1-17-9-11-19(12-10-17)21(23)22(20-13-15-26(24,25)16-20)14-5-8-18-6-3-2-4-7-18/h2-12,20H,13-16H2,1H3/b8-5+/t20-/m1/s1. The van der Waals surface area contributed by atoms with Gasteiger partial charge in [-0.15, -0.1) is 0 Å². The number of carbonyl (C=O) groups excluding carboxylic acids is 1. The minimum atomic E-state index is -3.06. The van der Waals surface area contributed by atoms with Crippen molar-refractivity contribution in [3.63, 3.8) is 0 Å². The van der Waals surface area contributed by atoms with E-state index in [0.29, 0.717) is 18.5 Å². The smallest absolute Gasteiger partial charge is 0.254 e. The highest BCUT2D eigenvalue weighted by Gasteiger charge is 2.34. The third kappa shape index (κ3) is 4.61. The number of sulfone groups is 1. The molecule has 0 aliphatic carbocycles. The van der Waals surface area contributed by atoms with Crippen LogP contribution in [0.1, 0.15) is 27.9 Å². The van der Waals surface area contributed by atoms with Crippen LogP contribution in [0.3, 0.4) is 0 Å². The van der Waals surface area contributed by atoms with Crippen molar-refractivity contribution >= 4 is 21.8 Å². The topological polar surface area (TPSA) is 54.5 Å². The molecule has 0 saturated carbocycles. The molecule has 4 nitrogen and oxygen atoms in total. The molecule has 3 rings (SSSR count). The Labute approximate surface area is 155 Å². The van der Waals surface area contributed by atoms with Gasteiger partial charge in [-0.2, -0.15) is 0 Å². The lowest BCUT2D eigenvalue weighted by atomic mass is 10.1. The SMILES string of the molecule is Cc1ccc(C(=O)N(C/C=C/c2ccccc2)[C@@H]2CCS(=O)(=O)C2)cc1. The van der Waals surface area contributed by atoms with E-state index in [0.717, 1.165) is 11.1 Å². The van der Waals surface area contributed by atoms with Gasteiger partial charge >= 0.3 is 0 Å². The molecule has 1 amide bonds. The lowest BCUT2D eigenvalue weighted by Crippen LogP contribution is -2.41. The first-order valence-corrected chi connectivity index (χ1v) is 10.6. The molecular weight excluding hydrogens is 346 g/mol. The Morgan fingerprint density at radius 2 is 1.81 bits per heavy atom. The number of hydrogen-bond acceptors (Lipinski definition) is 3. The van der Waals surface area contributed by atoms with Crippen LogP contribution >= 0.6 is 0 Å². The zero-order chi connectivity index (χ0) is 18.6. The highest BCUT2D eigenvalue weighted by atomic mass is 32.2. The van der Waals surface area contributed by atoms with Crippen molar-refractivity contribution in [1.29, 1.82) is 0 Å². The van der Waals surface area contributed by atoms with Crippen molar-refractivity contribution in [1.82, 2.24) is 4.90 Å². The molecule has 0 unspecified atom stereocenters. The van der Waals surface area contributed by atoms with E-state index < -0.39 is 9.84 Å². The van der Waals surface area contributed by atoms with Gasteiger partial charge in [0.05, 0.1) is 11.5 Å². The number of amides is 1. The van der Waals surface area contributed by atoms with Crippen molar-refractivity contribution in [2.24, 2.45) is 0 Å². The molecule has 1 saturated heterocycles. The van der Waals surface area contributed by atoms with Gasteiger partial charge in [-0.05, 0) is 31.0 Å². The highest BCUT2D eigenvalue weighted by molar-refractivity contribution is 7.91. The maximum atomic E-state index is 13.0. The lowest BCUT2D eigenvalue weighted by Gasteiger charge is -2.27. The summed E-state index contributed by atoms with van der Waals surface area (Å²) in [4.78, 5) is 14.7. The van der Waals surface area contributed by atoms with Crippen molar-refractivity contribution in [2.45, 2.75) is 19.4 Å². The van der Waals surface area contributed by atoms with E-state index in [1.807, 2.05) is 61.5 Å². The van der Waals surface area contributed by atoms with Gasteiger partial charge in [0.1, 0.15) is 0 Å². The van der Waals surface area contributed by atoms with Crippen LogP contribution in [-0.4, -0.2) is 43.3 Å². The van der Waals surface area contributed by atoms with Crippen LogP contribution in [0.2, 0.25) is 0 Å². The van der Waals surface area contributed by atoms with Crippen molar-refractivity contribution < 1.29 is 13.2 Å². The number of benzene rings is 2. The van der Waals surface area contributed by atoms with E-state index in [4.69, 9.17) is 0 Å². The predicted molar refractivity (Wildman–Crippen MR) is 105 cm³/mol. The fourth-order valence-corrected chi connectivity index (χ4v) is 4.88. The van der Waals surface area contributed by atoms with Gasteiger partial charge < -0.3 is 4.90 Å². The Hall–Kier alpha value is -2.40.